The van der Waals surface area contributed by atoms with Crippen molar-refractivity contribution >= 4 is 17.1 Å². The number of fused-ring (bicyclic) bond motifs is 1. The number of aliphatic hydroxyl groups excluding tert-OH is 1. The van der Waals surface area contributed by atoms with E-state index in [1.54, 1.807) is 4.57 Å². The van der Waals surface area contributed by atoms with E-state index in [-0.39, 0.29) is 31.0 Å². The molecule has 4 N–H and O–H groups in total. The maximum atomic E-state index is 11.7. The summed E-state index contributed by atoms with van der Waals surface area (Å²) in [6, 6.07) is 0. The lowest BCUT2D eigenvalue weighted by molar-refractivity contribution is -0.222. The highest BCUT2D eigenvalue weighted by Crippen LogP contribution is 2.20. The Morgan fingerprint density at radius 2 is 2.20 bits per heavy atom. The van der Waals surface area contributed by atoms with Gasteiger partial charge in [0, 0.05) is 27.2 Å². The fraction of sp³-hybridized carbons (Fsp3) is 0.545. The normalized spacial score (nSPS) is 12.2. The number of hydrogen-bond donors (Lipinski definition) is 3. The number of ether oxygens (including phenoxy) is 2. The molecule has 110 valence electrons. The predicted octanol–water partition coefficient (Wildman–Crippen LogP) is -0.927. The van der Waals surface area contributed by atoms with Crippen molar-refractivity contribution in [2.45, 2.75) is 18.8 Å². The molecule has 9 nitrogen and oxygen atoms in total. The molecule has 0 aliphatic heterocycles. The number of rotatable bonds is 6. The summed E-state index contributed by atoms with van der Waals surface area (Å²) in [5.74, 6) is -1.02. The first-order chi connectivity index (χ1) is 9.55. The lowest BCUT2D eigenvalue weighted by Crippen LogP contribution is -2.39. The van der Waals surface area contributed by atoms with Crippen molar-refractivity contribution in [2.75, 3.05) is 26.6 Å². The van der Waals surface area contributed by atoms with Gasteiger partial charge in [-0.3, -0.25) is 9.78 Å². The van der Waals surface area contributed by atoms with E-state index < -0.39 is 11.3 Å². The lowest BCUT2D eigenvalue weighted by atomic mass is 10.2. The van der Waals surface area contributed by atoms with Crippen molar-refractivity contribution in [3.05, 3.63) is 16.7 Å². The monoisotopic (exact) mass is 283 g/mol. The number of nitrogens with one attached hydrogen (secondary N) is 1. The third-order valence-electron chi connectivity index (χ3n) is 3.14. The van der Waals surface area contributed by atoms with Gasteiger partial charge in [-0.25, -0.2) is 4.98 Å². The molecule has 0 atom stereocenters. The van der Waals surface area contributed by atoms with Crippen LogP contribution in [-0.4, -0.2) is 51.2 Å². The van der Waals surface area contributed by atoms with Crippen LogP contribution in [0.1, 0.15) is 6.42 Å². The third-order valence-corrected chi connectivity index (χ3v) is 3.14. The van der Waals surface area contributed by atoms with Crippen molar-refractivity contribution < 1.29 is 14.6 Å². The highest BCUT2D eigenvalue weighted by atomic mass is 16.7. The Bertz CT molecular complexity index is 646. The van der Waals surface area contributed by atoms with Gasteiger partial charge >= 0.3 is 0 Å². The fourth-order valence-corrected chi connectivity index (χ4v) is 2.01. The average Bonchev–Trinajstić information content (AvgIpc) is 2.81. The van der Waals surface area contributed by atoms with E-state index >= 15 is 0 Å². The molecule has 9 heteroatoms. The van der Waals surface area contributed by atoms with Gasteiger partial charge in [-0.15, -0.1) is 0 Å². The molecule has 20 heavy (non-hydrogen) atoms. The quantitative estimate of drug-likeness (QED) is 0.584. The van der Waals surface area contributed by atoms with Crippen LogP contribution >= 0.6 is 0 Å². The Kier molecular flexibility index (Phi) is 4.02. The van der Waals surface area contributed by atoms with E-state index in [4.69, 9.17) is 20.3 Å². The zero-order chi connectivity index (χ0) is 14.8. The minimum absolute atomic E-state index is 0.00634. The second-order valence-electron chi connectivity index (χ2n) is 4.29. The zero-order valence-electron chi connectivity index (χ0n) is 11.3. The van der Waals surface area contributed by atoms with Crippen molar-refractivity contribution in [3.8, 4) is 0 Å². The molecular weight excluding hydrogens is 266 g/mol. The van der Waals surface area contributed by atoms with Crippen LogP contribution in [0, 0.1) is 0 Å². The van der Waals surface area contributed by atoms with Crippen LogP contribution in [0.25, 0.3) is 11.2 Å². The number of nitrogen functional groups attached to an aromatic ring is 1. The second kappa shape index (κ2) is 5.57. The molecule has 0 saturated heterocycles. The molecule has 0 aliphatic rings. The number of methoxy groups -OCH3 is 2. The minimum atomic E-state index is -1.03. The fourth-order valence-electron chi connectivity index (χ4n) is 2.01. The van der Waals surface area contributed by atoms with E-state index in [9.17, 15) is 4.79 Å². The summed E-state index contributed by atoms with van der Waals surface area (Å²) in [6.07, 6.45) is 1.72. The van der Waals surface area contributed by atoms with E-state index in [0.717, 1.165) is 0 Å². The summed E-state index contributed by atoms with van der Waals surface area (Å²) in [4.78, 5) is 22.1. The summed E-state index contributed by atoms with van der Waals surface area (Å²) in [5.41, 5.74) is 5.64. The maximum Gasteiger partial charge on any atom is 0.280 e. The number of hydrogen-bond acceptors (Lipinski definition) is 7. The molecular formula is C11H17N5O4. The number of imidazole rings is 1. The Balaban J connectivity index is 2.45. The number of aliphatic hydroxyl groups is 1. The highest BCUT2D eigenvalue weighted by Gasteiger charge is 2.30. The van der Waals surface area contributed by atoms with Gasteiger partial charge in [0.05, 0.1) is 12.9 Å². The van der Waals surface area contributed by atoms with Gasteiger partial charge in [0.1, 0.15) is 0 Å². The van der Waals surface area contributed by atoms with Gasteiger partial charge < -0.3 is 24.9 Å². The number of aromatic nitrogens is 4. The van der Waals surface area contributed by atoms with Gasteiger partial charge in [-0.1, -0.05) is 0 Å². The van der Waals surface area contributed by atoms with Gasteiger partial charge in [0.15, 0.2) is 17.0 Å². The first kappa shape index (κ1) is 14.4. The number of anilines is 1. The first-order valence-electron chi connectivity index (χ1n) is 5.97. The van der Waals surface area contributed by atoms with Crippen LogP contribution in [0.2, 0.25) is 0 Å². The number of H-pyrrole nitrogens is 1. The molecule has 0 radical (unpaired) electrons. The molecule has 0 fully saturated rings. The summed E-state index contributed by atoms with van der Waals surface area (Å²) < 4.78 is 12.3. The predicted molar refractivity (Wildman–Crippen MR) is 71.0 cm³/mol. The first-order valence-corrected chi connectivity index (χ1v) is 5.97. The minimum Gasteiger partial charge on any atom is -0.396 e. The maximum absolute atomic E-state index is 11.7. The molecule has 0 bridgehead atoms. The number of nitrogens with two attached hydrogens (primary N) is 1. The van der Waals surface area contributed by atoms with Crippen LogP contribution in [0.4, 0.5) is 5.95 Å². The number of aromatic amines is 1. The van der Waals surface area contributed by atoms with E-state index in [2.05, 4.69) is 15.0 Å². The SMILES string of the molecule is COC(CCO)(Cn1cnc2c(=O)[nH]c(N)nc21)OC. The molecule has 0 saturated carbocycles. The molecule has 0 amide bonds. The molecule has 0 unspecified atom stereocenters. The molecule has 2 aromatic rings. The molecule has 2 rings (SSSR count). The van der Waals surface area contributed by atoms with Crippen LogP contribution in [-0.2, 0) is 16.0 Å². The van der Waals surface area contributed by atoms with Crippen LogP contribution < -0.4 is 11.3 Å². The molecule has 2 heterocycles. The van der Waals surface area contributed by atoms with Crippen molar-refractivity contribution in [1.29, 1.82) is 0 Å². The van der Waals surface area contributed by atoms with Crippen LogP contribution in [0.5, 0.6) is 0 Å². The largest absolute Gasteiger partial charge is 0.396 e. The van der Waals surface area contributed by atoms with Gasteiger partial charge in [-0.05, 0) is 0 Å². The van der Waals surface area contributed by atoms with Gasteiger partial charge in [0.2, 0.25) is 5.95 Å². The average molecular weight is 283 g/mol. The summed E-state index contributed by atoms with van der Waals surface area (Å²) in [6.45, 7) is 0.109. The molecule has 0 spiro atoms. The Hall–Kier alpha value is -1.97. The van der Waals surface area contributed by atoms with Crippen molar-refractivity contribution in [1.82, 2.24) is 19.5 Å². The van der Waals surface area contributed by atoms with Crippen LogP contribution in [0.15, 0.2) is 11.1 Å². The summed E-state index contributed by atoms with van der Waals surface area (Å²) in [5, 5.41) is 9.12. The molecule has 2 aromatic heterocycles. The standard InChI is InChI=1S/C11H17N5O4/c1-19-11(20-2,3-4-17)5-16-6-13-7-8(16)14-10(12)15-9(7)18/h6,17H,3-5H2,1-2H3,(H3,12,14,15,18). The topological polar surface area (TPSA) is 128 Å². The smallest absolute Gasteiger partial charge is 0.280 e. The molecule has 0 aliphatic carbocycles. The highest BCUT2D eigenvalue weighted by molar-refractivity contribution is 5.70. The number of nitrogens with zero attached hydrogens (tertiary/aromatic N) is 3. The summed E-state index contributed by atoms with van der Waals surface area (Å²) in [7, 11) is 2.96. The Morgan fingerprint density at radius 1 is 1.50 bits per heavy atom. The third kappa shape index (κ3) is 2.50. The lowest BCUT2D eigenvalue weighted by Gasteiger charge is -2.30. The Labute approximate surface area is 114 Å². The van der Waals surface area contributed by atoms with E-state index in [1.807, 2.05) is 0 Å². The van der Waals surface area contributed by atoms with E-state index in [1.165, 1.54) is 20.5 Å². The van der Waals surface area contributed by atoms with Crippen molar-refractivity contribution in [2.24, 2.45) is 0 Å². The summed E-state index contributed by atoms with van der Waals surface area (Å²) >= 11 is 0. The molecule has 0 aromatic carbocycles. The van der Waals surface area contributed by atoms with E-state index in [0.29, 0.717) is 5.65 Å². The van der Waals surface area contributed by atoms with Crippen LogP contribution in [0.3, 0.4) is 0 Å². The van der Waals surface area contributed by atoms with Gasteiger partial charge in [-0.2, -0.15) is 4.98 Å². The second-order valence-corrected chi connectivity index (χ2v) is 4.29. The van der Waals surface area contributed by atoms with Gasteiger partial charge in [0.25, 0.3) is 5.56 Å². The Morgan fingerprint density at radius 3 is 2.80 bits per heavy atom. The zero-order valence-corrected chi connectivity index (χ0v) is 11.3. The van der Waals surface area contributed by atoms with Crippen molar-refractivity contribution in [3.63, 3.8) is 0 Å².